The molecule has 21 heavy (non-hydrogen) atoms. The van der Waals surface area contributed by atoms with E-state index < -0.39 is 5.97 Å². The molecule has 2 rings (SSSR count). The smallest absolute Gasteiger partial charge is 0.320 e. The zero-order valence-electron chi connectivity index (χ0n) is 12.2. The highest BCUT2D eigenvalue weighted by Crippen LogP contribution is 2.24. The van der Waals surface area contributed by atoms with Crippen molar-refractivity contribution < 1.29 is 19.5 Å². The monoisotopic (exact) mass is 297 g/mol. The summed E-state index contributed by atoms with van der Waals surface area (Å²) in [4.78, 5) is 38.2. The molecule has 0 aromatic carbocycles. The molecule has 2 unspecified atom stereocenters. The van der Waals surface area contributed by atoms with Crippen LogP contribution in [0.3, 0.4) is 0 Å². The Kier molecular flexibility index (Phi) is 5.03. The minimum absolute atomic E-state index is 0.0151. The maximum atomic E-state index is 12.6. The summed E-state index contributed by atoms with van der Waals surface area (Å²) in [5, 5.41) is 8.98. The third-order valence-corrected chi connectivity index (χ3v) is 4.38. The van der Waals surface area contributed by atoms with Crippen LogP contribution in [0.25, 0.3) is 0 Å². The van der Waals surface area contributed by atoms with Gasteiger partial charge in [-0.15, -0.1) is 0 Å². The van der Waals surface area contributed by atoms with Crippen molar-refractivity contribution in [2.45, 2.75) is 44.6 Å². The van der Waals surface area contributed by atoms with Crippen LogP contribution in [0.2, 0.25) is 0 Å². The second kappa shape index (κ2) is 6.78. The summed E-state index contributed by atoms with van der Waals surface area (Å²) in [6.07, 6.45) is 4.04. The molecule has 0 saturated carbocycles. The van der Waals surface area contributed by atoms with Crippen LogP contribution >= 0.6 is 0 Å². The van der Waals surface area contributed by atoms with Gasteiger partial charge in [0.1, 0.15) is 0 Å². The lowest BCUT2D eigenvalue weighted by Gasteiger charge is -2.40. The van der Waals surface area contributed by atoms with Crippen LogP contribution in [0.5, 0.6) is 0 Å². The Hall–Kier alpha value is -1.79. The number of carbonyl (C=O) groups is 3. The number of hydrogen-bond acceptors (Lipinski definition) is 3. The number of amides is 3. The summed E-state index contributed by atoms with van der Waals surface area (Å²) >= 11 is 0. The number of urea groups is 1. The van der Waals surface area contributed by atoms with Crippen LogP contribution in [-0.2, 0) is 9.59 Å². The highest BCUT2D eigenvalue weighted by Gasteiger charge is 2.34. The van der Waals surface area contributed by atoms with Crippen LogP contribution in [-0.4, -0.2) is 58.5 Å². The lowest BCUT2D eigenvalue weighted by Crippen LogP contribution is -2.54. The molecule has 2 aliphatic heterocycles. The van der Waals surface area contributed by atoms with Gasteiger partial charge in [-0.3, -0.25) is 9.59 Å². The van der Waals surface area contributed by atoms with Crippen molar-refractivity contribution in [1.82, 2.24) is 9.80 Å². The molecule has 0 radical (unpaired) electrons. The van der Waals surface area contributed by atoms with Crippen molar-refractivity contribution in [3.8, 4) is 0 Å². The molecule has 2 fully saturated rings. The first-order chi connectivity index (χ1) is 9.99. The third-order valence-electron chi connectivity index (χ3n) is 4.38. The molecule has 0 spiro atoms. The first-order valence-corrected chi connectivity index (χ1v) is 7.55. The Morgan fingerprint density at radius 1 is 1.10 bits per heavy atom. The van der Waals surface area contributed by atoms with Crippen LogP contribution < -0.4 is 5.73 Å². The van der Waals surface area contributed by atoms with Crippen LogP contribution in [0.4, 0.5) is 4.79 Å². The lowest BCUT2D eigenvalue weighted by molar-refractivity contribution is -0.138. The van der Waals surface area contributed by atoms with Gasteiger partial charge in [0.15, 0.2) is 0 Å². The Labute approximate surface area is 124 Å². The maximum absolute atomic E-state index is 12.6. The molecule has 0 aromatic heterocycles. The van der Waals surface area contributed by atoms with E-state index in [2.05, 4.69) is 0 Å². The molecule has 2 heterocycles. The average Bonchev–Trinajstić information content (AvgIpc) is 2.46. The Morgan fingerprint density at radius 3 is 2.52 bits per heavy atom. The van der Waals surface area contributed by atoms with Crippen molar-refractivity contribution in [3.05, 3.63) is 0 Å². The third kappa shape index (κ3) is 3.86. The number of nitrogens with two attached hydrogens (primary N) is 1. The zero-order valence-corrected chi connectivity index (χ0v) is 12.2. The summed E-state index contributed by atoms with van der Waals surface area (Å²) in [6.45, 7) is 1.55. The van der Waals surface area contributed by atoms with Gasteiger partial charge in [0, 0.05) is 25.7 Å². The van der Waals surface area contributed by atoms with E-state index in [1.165, 1.54) is 0 Å². The fourth-order valence-corrected chi connectivity index (χ4v) is 3.23. The van der Waals surface area contributed by atoms with Crippen molar-refractivity contribution >= 4 is 17.9 Å². The predicted octanol–water partition coefficient (Wildman–Crippen LogP) is 0.633. The molecule has 118 valence electrons. The van der Waals surface area contributed by atoms with E-state index in [4.69, 9.17) is 10.8 Å². The topological polar surface area (TPSA) is 104 Å². The van der Waals surface area contributed by atoms with Crippen LogP contribution in [0.1, 0.15) is 38.5 Å². The number of aliphatic carboxylic acids is 1. The first-order valence-electron chi connectivity index (χ1n) is 7.55. The van der Waals surface area contributed by atoms with Gasteiger partial charge in [-0.25, -0.2) is 4.79 Å². The molecular weight excluding hydrogens is 274 g/mol. The minimum atomic E-state index is -0.881. The molecule has 0 aromatic rings. The maximum Gasteiger partial charge on any atom is 0.320 e. The number of likely N-dealkylation sites (tertiary alicyclic amines) is 2. The van der Waals surface area contributed by atoms with Crippen molar-refractivity contribution in [2.75, 3.05) is 19.6 Å². The molecule has 2 atom stereocenters. The Balaban J connectivity index is 2.02. The average molecular weight is 297 g/mol. The second-order valence-corrected chi connectivity index (χ2v) is 5.91. The normalized spacial score (nSPS) is 26.5. The van der Waals surface area contributed by atoms with Crippen LogP contribution in [0, 0.1) is 5.92 Å². The van der Waals surface area contributed by atoms with Crippen molar-refractivity contribution in [1.29, 1.82) is 0 Å². The quantitative estimate of drug-likeness (QED) is 0.797. The highest BCUT2D eigenvalue weighted by molar-refractivity contribution is 5.80. The summed E-state index contributed by atoms with van der Waals surface area (Å²) in [7, 11) is 0. The molecule has 0 bridgehead atoms. The number of carboxylic acid groups (broad SMARTS) is 1. The van der Waals surface area contributed by atoms with Gasteiger partial charge in [0.05, 0.1) is 12.3 Å². The van der Waals surface area contributed by atoms with E-state index in [1.807, 2.05) is 0 Å². The molecule has 3 N–H and O–H groups in total. The SMILES string of the molecule is NC(=O)C1CCCN(C(=O)N2CCCCC2CC(=O)O)C1. The fraction of sp³-hybridized carbons (Fsp3) is 0.786. The molecule has 7 heteroatoms. The standard InChI is InChI=1S/C14H23N3O4/c15-13(20)10-4-3-6-16(9-10)14(21)17-7-2-1-5-11(17)8-12(18)19/h10-11H,1-9H2,(H2,15,20)(H,18,19). The molecule has 2 saturated heterocycles. The number of carboxylic acids is 1. The van der Waals surface area contributed by atoms with Gasteiger partial charge >= 0.3 is 12.0 Å². The van der Waals surface area contributed by atoms with Crippen LogP contribution in [0.15, 0.2) is 0 Å². The van der Waals surface area contributed by atoms with Gasteiger partial charge in [0.25, 0.3) is 0 Å². The van der Waals surface area contributed by atoms with E-state index in [9.17, 15) is 14.4 Å². The zero-order chi connectivity index (χ0) is 15.4. The summed E-state index contributed by atoms with van der Waals surface area (Å²) in [5.74, 6) is -1.54. The largest absolute Gasteiger partial charge is 0.481 e. The Bertz CT molecular complexity index is 426. The second-order valence-electron chi connectivity index (χ2n) is 5.91. The van der Waals surface area contributed by atoms with Gasteiger partial charge in [0.2, 0.25) is 5.91 Å². The number of rotatable bonds is 3. The summed E-state index contributed by atoms with van der Waals surface area (Å²) in [6, 6.07) is -0.385. The van der Waals surface area contributed by atoms with Gasteiger partial charge in [-0.1, -0.05) is 0 Å². The Morgan fingerprint density at radius 2 is 1.86 bits per heavy atom. The fourth-order valence-electron chi connectivity index (χ4n) is 3.23. The number of nitrogens with zero attached hydrogens (tertiary/aromatic N) is 2. The molecule has 0 aliphatic carbocycles. The lowest BCUT2D eigenvalue weighted by atomic mass is 9.97. The van der Waals surface area contributed by atoms with E-state index in [0.717, 1.165) is 32.1 Å². The van der Waals surface area contributed by atoms with E-state index >= 15 is 0 Å². The summed E-state index contributed by atoms with van der Waals surface area (Å²) < 4.78 is 0. The summed E-state index contributed by atoms with van der Waals surface area (Å²) in [5.41, 5.74) is 5.33. The predicted molar refractivity (Wildman–Crippen MR) is 75.5 cm³/mol. The number of carbonyl (C=O) groups excluding carboxylic acids is 2. The van der Waals surface area contributed by atoms with Gasteiger partial charge < -0.3 is 20.6 Å². The number of piperidine rings is 2. The number of hydrogen-bond donors (Lipinski definition) is 2. The van der Waals surface area contributed by atoms with E-state index in [0.29, 0.717) is 19.6 Å². The van der Waals surface area contributed by atoms with Crippen molar-refractivity contribution in [2.24, 2.45) is 11.7 Å². The van der Waals surface area contributed by atoms with E-state index in [-0.39, 0.29) is 30.3 Å². The van der Waals surface area contributed by atoms with Gasteiger partial charge in [-0.2, -0.15) is 0 Å². The molecule has 3 amide bonds. The van der Waals surface area contributed by atoms with Gasteiger partial charge in [-0.05, 0) is 32.1 Å². The molecular formula is C14H23N3O4. The highest BCUT2D eigenvalue weighted by atomic mass is 16.4. The minimum Gasteiger partial charge on any atom is -0.481 e. The number of primary amides is 1. The molecule has 2 aliphatic rings. The molecule has 7 nitrogen and oxygen atoms in total. The first kappa shape index (κ1) is 15.6. The van der Waals surface area contributed by atoms with E-state index in [1.54, 1.807) is 9.80 Å². The van der Waals surface area contributed by atoms with Crippen molar-refractivity contribution in [3.63, 3.8) is 0 Å².